The average Bonchev–Trinajstić information content (AvgIpc) is 2.18. The van der Waals surface area contributed by atoms with E-state index in [4.69, 9.17) is 5.73 Å². The number of hydrogen-bond acceptors (Lipinski definition) is 3. The van der Waals surface area contributed by atoms with E-state index >= 15 is 0 Å². The third-order valence-corrected chi connectivity index (χ3v) is 2.23. The normalized spacial score (nSPS) is 12.2. The number of nitrogens with one attached hydrogen (secondary N) is 1. The van der Waals surface area contributed by atoms with Crippen LogP contribution in [0.5, 0.6) is 0 Å². The van der Waals surface area contributed by atoms with Crippen molar-refractivity contribution in [2.45, 2.75) is 26.3 Å². The fourth-order valence-electron chi connectivity index (χ4n) is 1.35. The van der Waals surface area contributed by atoms with E-state index in [1.807, 2.05) is 13.8 Å². The lowest BCUT2D eigenvalue weighted by Crippen LogP contribution is -2.34. The topological polar surface area (TPSA) is 68.0 Å². The van der Waals surface area contributed by atoms with E-state index in [9.17, 15) is 4.79 Å². The molecular formula is C11H17N3O. The molecular weight excluding hydrogens is 190 g/mol. The van der Waals surface area contributed by atoms with E-state index in [0.29, 0.717) is 12.1 Å². The molecule has 0 aliphatic heterocycles. The first kappa shape index (κ1) is 11.7. The minimum absolute atomic E-state index is 0.0819. The van der Waals surface area contributed by atoms with E-state index < -0.39 is 0 Å². The summed E-state index contributed by atoms with van der Waals surface area (Å²) in [6.07, 6.45) is 2.46. The van der Waals surface area contributed by atoms with Gasteiger partial charge in [0.1, 0.15) is 0 Å². The first-order valence-electron chi connectivity index (χ1n) is 5.07. The van der Waals surface area contributed by atoms with Crippen LogP contribution in [0.15, 0.2) is 18.3 Å². The zero-order chi connectivity index (χ0) is 11.3. The number of nitrogens with zero attached hydrogens (tertiary/aromatic N) is 1. The Kier molecular flexibility index (Phi) is 4.24. The number of carbonyl (C=O) groups is 1. The number of aromatic nitrogens is 1. The number of rotatable bonds is 4. The number of nitrogens with two attached hydrogens (primary N) is 1. The highest BCUT2D eigenvalue weighted by molar-refractivity contribution is 5.95. The molecule has 0 fully saturated rings. The summed E-state index contributed by atoms with van der Waals surface area (Å²) >= 11 is 0. The van der Waals surface area contributed by atoms with Crippen molar-refractivity contribution < 1.29 is 4.79 Å². The highest BCUT2D eigenvalue weighted by Gasteiger charge is 2.11. The maximum atomic E-state index is 11.8. The van der Waals surface area contributed by atoms with Crippen LogP contribution in [0.25, 0.3) is 0 Å². The second-order valence-electron chi connectivity index (χ2n) is 3.59. The first-order valence-corrected chi connectivity index (χ1v) is 5.07. The lowest BCUT2D eigenvalue weighted by molar-refractivity contribution is 0.0938. The highest BCUT2D eigenvalue weighted by atomic mass is 16.1. The van der Waals surface area contributed by atoms with Gasteiger partial charge in [-0.05, 0) is 38.9 Å². The smallest absolute Gasteiger partial charge is 0.253 e. The van der Waals surface area contributed by atoms with Gasteiger partial charge >= 0.3 is 0 Å². The zero-order valence-electron chi connectivity index (χ0n) is 9.16. The minimum atomic E-state index is -0.0819. The molecule has 0 saturated carbocycles. The van der Waals surface area contributed by atoms with E-state index in [2.05, 4.69) is 10.3 Å². The van der Waals surface area contributed by atoms with Gasteiger partial charge in [0.25, 0.3) is 5.91 Å². The summed E-state index contributed by atoms with van der Waals surface area (Å²) < 4.78 is 0. The van der Waals surface area contributed by atoms with E-state index in [1.165, 1.54) is 0 Å². The van der Waals surface area contributed by atoms with Crippen LogP contribution in [0.4, 0.5) is 0 Å². The number of hydrogen-bond donors (Lipinski definition) is 2. The van der Waals surface area contributed by atoms with E-state index in [-0.39, 0.29) is 11.9 Å². The molecule has 0 aromatic carbocycles. The predicted molar refractivity (Wildman–Crippen MR) is 59.6 cm³/mol. The van der Waals surface area contributed by atoms with E-state index in [1.54, 1.807) is 18.3 Å². The third kappa shape index (κ3) is 3.32. The average molecular weight is 207 g/mol. The summed E-state index contributed by atoms with van der Waals surface area (Å²) in [6.45, 7) is 4.34. The molecule has 1 amide bonds. The van der Waals surface area contributed by atoms with Crippen LogP contribution in [-0.2, 0) is 0 Å². The van der Waals surface area contributed by atoms with Crippen molar-refractivity contribution in [3.05, 3.63) is 29.6 Å². The standard InChI is InChI=1S/C11H17N3O/c1-8(5-6-12)14-11(15)10-4-3-7-13-9(10)2/h3-4,7-8H,5-6,12H2,1-2H3,(H,14,15). The van der Waals surface area contributed by atoms with Crippen LogP contribution in [0, 0.1) is 6.92 Å². The molecule has 0 aliphatic carbocycles. The SMILES string of the molecule is Cc1ncccc1C(=O)NC(C)CCN. The Morgan fingerprint density at radius 3 is 3.00 bits per heavy atom. The van der Waals surface area contributed by atoms with Gasteiger partial charge < -0.3 is 11.1 Å². The van der Waals surface area contributed by atoms with Crippen molar-refractivity contribution >= 4 is 5.91 Å². The molecule has 1 atom stereocenters. The van der Waals surface area contributed by atoms with Gasteiger partial charge in [0.2, 0.25) is 0 Å². The Hall–Kier alpha value is -1.42. The fraction of sp³-hybridized carbons (Fsp3) is 0.455. The molecule has 0 aliphatic rings. The summed E-state index contributed by atoms with van der Waals surface area (Å²) in [5, 5.41) is 2.88. The van der Waals surface area contributed by atoms with Crippen LogP contribution in [0.1, 0.15) is 29.4 Å². The molecule has 0 radical (unpaired) electrons. The highest BCUT2D eigenvalue weighted by Crippen LogP contribution is 2.04. The quantitative estimate of drug-likeness (QED) is 0.769. The maximum absolute atomic E-state index is 11.8. The van der Waals surface area contributed by atoms with Gasteiger partial charge in [-0.2, -0.15) is 0 Å². The molecule has 4 heteroatoms. The Morgan fingerprint density at radius 1 is 1.67 bits per heavy atom. The molecule has 1 aromatic rings. The summed E-state index contributed by atoms with van der Waals surface area (Å²) in [5.74, 6) is -0.0819. The van der Waals surface area contributed by atoms with Crippen LogP contribution >= 0.6 is 0 Å². The van der Waals surface area contributed by atoms with Crippen LogP contribution in [0.2, 0.25) is 0 Å². The molecule has 1 aromatic heterocycles. The van der Waals surface area contributed by atoms with Crippen molar-refractivity contribution in [1.82, 2.24) is 10.3 Å². The Labute approximate surface area is 89.9 Å². The summed E-state index contributed by atoms with van der Waals surface area (Å²) in [7, 11) is 0. The molecule has 3 N–H and O–H groups in total. The van der Waals surface area contributed by atoms with Crippen molar-refractivity contribution in [3.63, 3.8) is 0 Å². The Bertz CT molecular complexity index is 338. The minimum Gasteiger partial charge on any atom is -0.349 e. The van der Waals surface area contributed by atoms with Crippen molar-refractivity contribution in [2.24, 2.45) is 5.73 Å². The molecule has 0 bridgehead atoms. The molecule has 0 saturated heterocycles. The summed E-state index contributed by atoms with van der Waals surface area (Å²) in [5.41, 5.74) is 6.78. The second-order valence-corrected chi connectivity index (χ2v) is 3.59. The molecule has 4 nitrogen and oxygen atoms in total. The summed E-state index contributed by atoms with van der Waals surface area (Å²) in [6, 6.07) is 3.63. The number of aryl methyl sites for hydroxylation is 1. The van der Waals surface area contributed by atoms with Gasteiger partial charge in [-0.25, -0.2) is 0 Å². The second kappa shape index (κ2) is 5.46. The lowest BCUT2D eigenvalue weighted by Gasteiger charge is -2.13. The maximum Gasteiger partial charge on any atom is 0.253 e. The van der Waals surface area contributed by atoms with E-state index in [0.717, 1.165) is 12.1 Å². The lowest BCUT2D eigenvalue weighted by atomic mass is 10.1. The zero-order valence-corrected chi connectivity index (χ0v) is 9.16. The molecule has 15 heavy (non-hydrogen) atoms. The van der Waals surface area contributed by atoms with Gasteiger partial charge in [-0.15, -0.1) is 0 Å². The van der Waals surface area contributed by atoms with Crippen LogP contribution < -0.4 is 11.1 Å². The van der Waals surface area contributed by atoms with Crippen LogP contribution in [0.3, 0.4) is 0 Å². The van der Waals surface area contributed by atoms with Gasteiger partial charge in [0.05, 0.1) is 5.56 Å². The number of carbonyl (C=O) groups excluding carboxylic acids is 1. The van der Waals surface area contributed by atoms with Gasteiger partial charge in [0, 0.05) is 17.9 Å². The predicted octanol–water partition coefficient (Wildman–Crippen LogP) is 0.857. The number of amides is 1. The van der Waals surface area contributed by atoms with Gasteiger partial charge in [-0.3, -0.25) is 9.78 Å². The number of pyridine rings is 1. The van der Waals surface area contributed by atoms with Crippen molar-refractivity contribution in [2.75, 3.05) is 6.54 Å². The molecule has 82 valence electrons. The molecule has 0 spiro atoms. The van der Waals surface area contributed by atoms with Crippen molar-refractivity contribution in [3.8, 4) is 0 Å². The monoisotopic (exact) mass is 207 g/mol. The fourth-order valence-corrected chi connectivity index (χ4v) is 1.35. The first-order chi connectivity index (χ1) is 7.15. The molecule has 1 heterocycles. The van der Waals surface area contributed by atoms with Crippen LogP contribution in [-0.4, -0.2) is 23.5 Å². The largest absolute Gasteiger partial charge is 0.349 e. The molecule has 1 rings (SSSR count). The van der Waals surface area contributed by atoms with Gasteiger partial charge in [0.15, 0.2) is 0 Å². The summed E-state index contributed by atoms with van der Waals surface area (Å²) in [4.78, 5) is 15.8. The molecule has 1 unspecified atom stereocenters. The Morgan fingerprint density at radius 2 is 2.40 bits per heavy atom. The van der Waals surface area contributed by atoms with Crippen molar-refractivity contribution in [1.29, 1.82) is 0 Å². The van der Waals surface area contributed by atoms with Gasteiger partial charge in [-0.1, -0.05) is 0 Å². The third-order valence-electron chi connectivity index (χ3n) is 2.23. The Balaban J connectivity index is 2.65.